The molecule has 7 heteroatoms. The van der Waals surface area contributed by atoms with E-state index in [1.807, 2.05) is 17.0 Å². The fourth-order valence-corrected chi connectivity index (χ4v) is 3.80. The minimum Gasteiger partial charge on any atom is -0.478 e. The molecule has 0 bridgehead atoms. The number of rotatable bonds is 4. The van der Waals surface area contributed by atoms with Gasteiger partial charge in [0.15, 0.2) is 0 Å². The molecule has 0 unspecified atom stereocenters. The minimum absolute atomic E-state index is 0.122. The van der Waals surface area contributed by atoms with Crippen molar-refractivity contribution >= 4 is 23.2 Å². The van der Waals surface area contributed by atoms with Gasteiger partial charge >= 0.3 is 5.97 Å². The van der Waals surface area contributed by atoms with E-state index in [4.69, 9.17) is 0 Å². The number of carboxylic acid groups (broad SMARTS) is 1. The number of nitrogens with zero attached hydrogens (tertiary/aromatic N) is 3. The van der Waals surface area contributed by atoms with Crippen LogP contribution in [0.3, 0.4) is 0 Å². The van der Waals surface area contributed by atoms with Crippen molar-refractivity contribution < 1.29 is 14.7 Å². The Bertz CT molecular complexity index is 751. The van der Waals surface area contributed by atoms with Crippen molar-refractivity contribution in [2.75, 3.05) is 26.2 Å². The summed E-state index contributed by atoms with van der Waals surface area (Å²) < 4.78 is 0. The lowest BCUT2D eigenvalue weighted by Gasteiger charge is -2.33. The highest BCUT2D eigenvalue weighted by molar-refractivity contribution is 7.15. The number of aromatic nitrogens is 1. The molecule has 2 aromatic rings. The molecule has 1 aromatic heterocycles. The van der Waals surface area contributed by atoms with E-state index in [0.29, 0.717) is 11.1 Å². The van der Waals surface area contributed by atoms with Crippen LogP contribution in [0.1, 0.15) is 22.3 Å². The molecule has 0 saturated carbocycles. The van der Waals surface area contributed by atoms with Crippen LogP contribution >= 0.6 is 11.3 Å². The average molecular weight is 345 g/mol. The lowest BCUT2D eigenvalue weighted by atomic mass is 10.1. The molecule has 24 heavy (non-hydrogen) atoms. The summed E-state index contributed by atoms with van der Waals surface area (Å²) in [5, 5.41) is 10.3. The van der Waals surface area contributed by atoms with E-state index in [1.165, 1.54) is 11.3 Å². The second kappa shape index (κ2) is 7.11. The van der Waals surface area contributed by atoms with Crippen molar-refractivity contribution in [2.24, 2.45) is 0 Å². The van der Waals surface area contributed by atoms with E-state index in [0.717, 1.165) is 42.6 Å². The number of amides is 1. The fraction of sp³-hybridized carbons (Fsp3) is 0.353. The quantitative estimate of drug-likeness (QED) is 0.919. The van der Waals surface area contributed by atoms with E-state index >= 15 is 0 Å². The van der Waals surface area contributed by atoms with Crippen LogP contribution in [0.2, 0.25) is 0 Å². The number of aromatic carboxylic acids is 1. The van der Waals surface area contributed by atoms with Crippen molar-refractivity contribution in [1.82, 2.24) is 14.8 Å². The SMILES string of the molecule is CC(=O)N1CCN(Cc2ncc(-c3ccccc3C(=O)O)s2)CC1. The Morgan fingerprint density at radius 3 is 2.58 bits per heavy atom. The molecular weight excluding hydrogens is 326 g/mol. The van der Waals surface area contributed by atoms with E-state index in [-0.39, 0.29) is 5.91 Å². The van der Waals surface area contributed by atoms with E-state index in [9.17, 15) is 14.7 Å². The summed E-state index contributed by atoms with van der Waals surface area (Å²) in [6.45, 7) is 5.49. The Morgan fingerprint density at radius 1 is 1.21 bits per heavy atom. The maximum absolute atomic E-state index is 11.4. The Labute approximate surface area is 144 Å². The van der Waals surface area contributed by atoms with Gasteiger partial charge in [0.1, 0.15) is 5.01 Å². The molecule has 0 atom stereocenters. The molecular formula is C17H19N3O3S. The van der Waals surface area contributed by atoms with E-state index < -0.39 is 5.97 Å². The molecule has 1 saturated heterocycles. The van der Waals surface area contributed by atoms with Crippen molar-refractivity contribution in [3.8, 4) is 10.4 Å². The maximum atomic E-state index is 11.4. The molecule has 1 N–H and O–H groups in total. The number of carboxylic acids is 1. The van der Waals surface area contributed by atoms with Crippen molar-refractivity contribution in [2.45, 2.75) is 13.5 Å². The van der Waals surface area contributed by atoms with Gasteiger partial charge in [-0.15, -0.1) is 11.3 Å². The highest BCUT2D eigenvalue weighted by Crippen LogP contribution is 2.29. The Morgan fingerprint density at radius 2 is 1.92 bits per heavy atom. The smallest absolute Gasteiger partial charge is 0.336 e. The van der Waals surface area contributed by atoms with Crippen molar-refractivity contribution in [3.63, 3.8) is 0 Å². The molecule has 0 radical (unpaired) electrons. The number of carbonyl (C=O) groups is 2. The van der Waals surface area contributed by atoms with E-state index in [1.54, 1.807) is 25.3 Å². The summed E-state index contributed by atoms with van der Waals surface area (Å²) >= 11 is 1.52. The van der Waals surface area contributed by atoms with Gasteiger partial charge in [0.2, 0.25) is 5.91 Å². The third-order valence-electron chi connectivity index (χ3n) is 4.15. The standard InChI is InChI=1S/C17H19N3O3S/c1-12(21)20-8-6-19(7-9-20)11-16-18-10-15(24-16)13-4-2-3-5-14(13)17(22)23/h2-5,10H,6-9,11H2,1H3,(H,22,23). The van der Waals surface area contributed by atoms with Crippen LogP contribution in [-0.2, 0) is 11.3 Å². The van der Waals surface area contributed by atoms with Crippen LogP contribution in [-0.4, -0.2) is 57.9 Å². The zero-order valence-electron chi connectivity index (χ0n) is 13.4. The molecule has 126 valence electrons. The number of hydrogen-bond acceptors (Lipinski definition) is 5. The summed E-state index contributed by atoms with van der Waals surface area (Å²) in [6, 6.07) is 6.98. The molecule has 1 aliphatic heterocycles. The normalized spacial score (nSPS) is 15.5. The number of hydrogen-bond donors (Lipinski definition) is 1. The van der Waals surface area contributed by atoms with Gasteiger partial charge in [0.05, 0.1) is 17.0 Å². The fourth-order valence-electron chi connectivity index (χ4n) is 2.80. The number of carbonyl (C=O) groups excluding carboxylic acids is 1. The Kier molecular flexibility index (Phi) is 4.92. The molecule has 1 amide bonds. The first kappa shape index (κ1) is 16.6. The molecule has 3 rings (SSSR count). The van der Waals surface area contributed by atoms with Gasteiger partial charge in [0.25, 0.3) is 0 Å². The van der Waals surface area contributed by atoms with Gasteiger partial charge in [0, 0.05) is 44.9 Å². The van der Waals surface area contributed by atoms with Crippen LogP contribution in [0.25, 0.3) is 10.4 Å². The second-order valence-electron chi connectivity index (χ2n) is 5.75. The maximum Gasteiger partial charge on any atom is 0.336 e. The summed E-state index contributed by atoms with van der Waals surface area (Å²) in [7, 11) is 0. The first-order valence-electron chi connectivity index (χ1n) is 7.80. The van der Waals surface area contributed by atoms with Crippen LogP contribution < -0.4 is 0 Å². The summed E-state index contributed by atoms with van der Waals surface area (Å²) in [5.41, 5.74) is 0.998. The van der Waals surface area contributed by atoms with Crippen LogP contribution in [0, 0.1) is 0 Å². The minimum atomic E-state index is -0.930. The Hall–Kier alpha value is -2.25. The second-order valence-corrected chi connectivity index (χ2v) is 6.87. The lowest BCUT2D eigenvalue weighted by molar-refractivity contribution is -0.130. The largest absolute Gasteiger partial charge is 0.478 e. The van der Waals surface area contributed by atoms with Gasteiger partial charge in [-0.2, -0.15) is 0 Å². The number of piperazine rings is 1. The number of benzene rings is 1. The van der Waals surface area contributed by atoms with Gasteiger partial charge in [-0.3, -0.25) is 9.69 Å². The molecule has 2 heterocycles. The van der Waals surface area contributed by atoms with E-state index in [2.05, 4.69) is 9.88 Å². The van der Waals surface area contributed by atoms with Crippen LogP contribution in [0.15, 0.2) is 30.5 Å². The monoisotopic (exact) mass is 345 g/mol. The lowest BCUT2D eigenvalue weighted by Crippen LogP contribution is -2.47. The molecule has 1 fully saturated rings. The highest BCUT2D eigenvalue weighted by atomic mass is 32.1. The summed E-state index contributed by atoms with van der Waals surface area (Å²) in [6.07, 6.45) is 1.74. The third kappa shape index (κ3) is 3.63. The van der Waals surface area contributed by atoms with Gasteiger partial charge in [-0.25, -0.2) is 9.78 Å². The molecule has 0 spiro atoms. The molecule has 0 aliphatic carbocycles. The predicted octanol–water partition coefficient (Wildman–Crippen LogP) is 2.17. The zero-order chi connectivity index (χ0) is 17.1. The first-order valence-corrected chi connectivity index (χ1v) is 8.61. The summed E-state index contributed by atoms with van der Waals surface area (Å²) in [4.78, 5) is 32.1. The third-order valence-corrected chi connectivity index (χ3v) is 5.17. The van der Waals surface area contributed by atoms with Gasteiger partial charge in [-0.05, 0) is 6.07 Å². The van der Waals surface area contributed by atoms with Gasteiger partial charge in [-0.1, -0.05) is 18.2 Å². The molecule has 1 aliphatic rings. The molecule has 1 aromatic carbocycles. The Balaban J connectivity index is 1.69. The van der Waals surface area contributed by atoms with Crippen LogP contribution in [0.5, 0.6) is 0 Å². The topological polar surface area (TPSA) is 73.7 Å². The van der Waals surface area contributed by atoms with Crippen molar-refractivity contribution in [3.05, 3.63) is 41.0 Å². The number of thiazole rings is 1. The van der Waals surface area contributed by atoms with Crippen LogP contribution in [0.4, 0.5) is 0 Å². The summed E-state index contributed by atoms with van der Waals surface area (Å²) in [5.74, 6) is -0.808. The first-order chi connectivity index (χ1) is 11.5. The van der Waals surface area contributed by atoms with Crippen molar-refractivity contribution in [1.29, 1.82) is 0 Å². The molecule has 6 nitrogen and oxygen atoms in total. The zero-order valence-corrected chi connectivity index (χ0v) is 14.3. The van der Waals surface area contributed by atoms with Gasteiger partial charge < -0.3 is 10.0 Å². The highest BCUT2D eigenvalue weighted by Gasteiger charge is 2.20. The predicted molar refractivity (Wildman–Crippen MR) is 92.0 cm³/mol. The average Bonchev–Trinajstić information content (AvgIpc) is 3.03.